The highest BCUT2D eigenvalue weighted by molar-refractivity contribution is 7.16. The first kappa shape index (κ1) is 18.8. The molecule has 0 bridgehead atoms. The molecule has 0 aliphatic carbocycles. The van der Waals surface area contributed by atoms with E-state index in [2.05, 4.69) is 5.32 Å². The standard InChI is InChI=1S/C18H21NO5S/c1-5-11-10-13(18(21)24-6-2)17(25-11)19-16(20)12-8-7-9-14(22-3)15(12)23-4/h7-10H,5-6H2,1-4H3,(H,19,20). The first-order valence-electron chi connectivity index (χ1n) is 7.87. The van der Waals surface area contributed by atoms with Gasteiger partial charge >= 0.3 is 5.97 Å². The third-order valence-corrected chi connectivity index (χ3v) is 4.70. The van der Waals surface area contributed by atoms with Crippen LogP contribution in [0.25, 0.3) is 0 Å². The summed E-state index contributed by atoms with van der Waals surface area (Å²) >= 11 is 1.36. The van der Waals surface area contributed by atoms with Crippen molar-refractivity contribution in [3.05, 3.63) is 40.3 Å². The minimum Gasteiger partial charge on any atom is -0.493 e. The Morgan fingerprint density at radius 2 is 1.88 bits per heavy atom. The molecule has 0 unspecified atom stereocenters. The summed E-state index contributed by atoms with van der Waals surface area (Å²) in [6.07, 6.45) is 0.759. The Balaban J connectivity index is 2.35. The van der Waals surface area contributed by atoms with Gasteiger partial charge < -0.3 is 19.5 Å². The van der Waals surface area contributed by atoms with Gasteiger partial charge in [-0.3, -0.25) is 4.79 Å². The van der Waals surface area contributed by atoms with E-state index in [4.69, 9.17) is 14.2 Å². The molecule has 0 spiro atoms. The summed E-state index contributed by atoms with van der Waals surface area (Å²) in [5, 5.41) is 3.25. The molecule has 0 atom stereocenters. The Bertz CT molecular complexity index is 769. The zero-order chi connectivity index (χ0) is 18.4. The van der Waals surface area contributed by atoms with Crippen LogP contribution in [0.1, 0.15) is 39.4 Å². The molecule has 1 N–H and O–H groups in total. The number of thiophene rings is 1. The van der Waals surface area contributed by atoms with Crippen LogP contribution in [0, 0.1) is 0 Å². The molecule has 25 heavy (non-hydrogen) atoms. The van der Waals surface area contributed by atoms with E-state index in [1.54, 1.807) is 31.2 Å². The normalized spacial score (nSPS) is 10.2. The van der Waals surface area contributed by atoms with Gasteiger partial charge in [0.1, 0.15) is 5.00 Å². The number of carbonyl (C=O) groups excluding carboxylic acids is 2. The van der Waals surface area contributed by atoms with Gasteiger partial charge in [0, 0.05) is 4.88 Å². The SMILES string of the molecule is CCOC(=O)c1cc(CC)sc1NC(=O)c1cccc(OC)c1OC. The summed E-state index contributed by atoms with van der Waals surface area (Å²) in [5.41, 5.74) is 0.682. The van der Waals surface area contributed by atoms with Gasteiger partial charge in [0.2, 0.25) is 0 Å². The molecule has 0 saturated heterocycles. The van der Waals surface area contributed by atoms with Gasteiger partial charge in [-0.2, -0.15) is 0 Å². The largest absolute Gasteiger partial charge is 0.493 e. The summed E-state index contributed by atoms with van der Waals surface area (Å²) in [6.45, 7) is 4.00. The summed E-state index contributed by atoms with van der Waals surface area (Å²) < 4.78 is 15.6. The zero-order valence-corrected chi connectivity index (χ0v) is 15.5. The minimum atomic E-state index is -0.452. The minimum absolute atomic E-state index is 0.271. The molecule has 1 aromatic carbocycles. The van der Waals surface area contributed by atoms with Crippen molar-refractivity contribution in [1.82, 2.24) is 0 Å². The van der Waals surface area contributed by atoms with Gasteiger partial charge in [0.15, 0.2) is 11.5 Å². The Hall–Kier alpha value is -2.54. The first-order chi connectivity index (χ1) is 12.0. The number of rotatable bonds is 7. The number of methoxy groups -OCH3 is 2. The summed E-state index contributed by atoms with van der Waals surface area (Å²) in [4.78, 5) is 25.8. The predicted molar refractivity (Wildman–Crippen MR) is 97.2 cm³/mol. The van der Waals surface area contributed by atoms with Crippen molar-refractivity contribution >= 4 is 28.2 Å². The number of benzene rings is 1. The molecule has 0 radical (unpaired) electrons. The molecule has 0 aliphatic rings. The average Bonchev–Trinajstić information content (AvgIpc) is 3.04. The number of hydrogen-bond donors (Lipinski definition) is 1. The van der Waals surface area contributed by atoms with Crippen LogP contribution < -0.4 is 14.8 Å². The number of ether oxygens (including phenoxy) is 3. The average molecular weight is 363 g/mol. The lowest BCUT2D eigenvalue weighted by Gasteiger charge is -2.12. The number of aryl methyl sites for hydroxylation is 1. The number of nitrogens with one attached hydrogen (secondary N) is 1. The van der Waals surface area contributed by atoms with Crippen LogP contribution in [0.15, 0.2) is 24.3 Å². The van der Waals surface area contributed by atoms with Crippen LogP contribution in [-0.4, -0.2) is 32.7 Å². The highest BCUT2D eigenvalue weighted by Gasteiger charge is 2.22. The van der Waals surface area contributed by atoms with E-state index in [0.717, 1.165) is 11.3 Å². The third kappa shape index (κ3) is 4.11. The predicted octanol–water partition coefficient (Wildman–Crippen LogP) is 3.76. The lowest BCUT2D eigenvalue weighted by atomic mass is 10.1. The van der Waals surface area contributed by atoms with Crippen LogP contribution in [0.5, 0.6) is 11.5 Å². The van der Waals surface area contributed by atoms with Crippen molar-refractivity contribution in [3.8, 4) is 11.5 Å². The van der Waals surface area contributed by atoms with Crippen LogP contribution in [0.4, 0.5) is 5.00 Å². The molecule has 6 nitrogen and oxygen atoms in total. The molecule has 0 fully saturated rings. The number of para-hydroxylation sites is 1. The number of anilines is 1. The van der Waals surface area contributed by atoms with Crippen LogP contribution in [-0.2, 0) is 11.2 Å². The Labute approximate surface area is 150 Å². The van der Waals surface area contributed by atoms with Crippen molar-refractivity contribution in [2.45, 2.75) is 20.3 Å². The Morgan fingerprint density at radius 1 is 1.12 bits per heavy atom. The summed E-state index contributed by atoms with van der Waals surface area (Å²) in [7, 11) is 2.98. The van der Waals surface area contributed by atoms with Crippen molar-refractivity contribution in [3.63, 3.8) is 0 Å². The Morgan fingerprint density at radius 3 is 2.48 bits per heavy atom. The van der Waals surface area contributed by atoms with E-state index in [1.807, 2.05) is 6.92 Å². The molecule has 2 aromatic rings. The maximum Gasteiger partial charge on any atom is 0.341 e. The molecule has 1 amide bonds. The highest BCUT2D eigenvalue weighted by atomic mass is 32.1. The fraction of sp³-hybridized carbons (Fsp3) is 0.333. The van der Waals surface area contributed by atoms with Gasteiger partial charge in [0.25, 0.3) is 5.91 Å². The molecule has 0 aliphatic heterocycles. The second kappa shape index (κ2) is 8.53. The quantitative estimate of drug-likeness (QED) is 0.758. The maximum atomic E-state index is 12.7. The maximum absolute atomic E-state index is 12.7. The molecule has 1 heterocycles. The molecular weight excluding hydrogens is 342 g/mol. The van der Waals surface area contributed by atoms with Crippen molar-refractivity contribution < 1.29 is 23.8 Å². The van der Waals surface area contributed by atoms with Crippen molar-refractivity contribution in [2.24, 2.45) is 0 Å². The second-order valence-electron chi connectivity index (χ2n) is 5.02. The highest BCUT2D eigenvalue weighted by Crippen LogP contribution is 2.33. The zero-order valence-electron chi connectivity index (χ0n) is 14.7. The molecule has 7 heteroatoms. The summed E-state index contributed by atoms with van der Waals surface area (Å²) in [6, 6.07) is 6.80. The van der Waals surface area contributed by atoms with E-state index in [1.165, 1.54) is 25.6 Å². The van der Waals surface area contributed by atoms with Crippen LogP contribution >= 0.6 is 11.3 Å². The fourth-order valence-corrected chi connectivity index (χ4v) is 3.29. The van der Waals surface area contributed by atoms with E-state index >= 15 is 0 Å². The smallest absolute Gasteiger partial charge is 0.341 e. The van der Waals surface area contributed by atoms with Gasteiger partial charge in [0.05, 0.1) is 32.0 Å². The molecule has 134 valence electrons. The topological polar surface area (TPSA) is 73.9 Å². The van der Waals surface area contributed by atoms with E-state index in [-0.39, 0.29) is 12.5 Å². The first-order valence-corrected chi connectivity index (χ1v) is 8.69. The number of esters is 1. The van der Waals surface area contributed by atoms with Crippen LogP contribution in [0.3, 0.4) is 0 Å². The molecule has 1 aromatic heterocycles. The monoisotopic (exact) mass is 363 g/mol. The number of carbonyl (C=O) groups is 2. The fourth-order valence-electron chi connectivity index (χ4n) is 2.31. The second-order valence-corrected chi connectivity index (χ2v) is 6.16. The van der Waals surface area contributed by atoms with E-state index in [0.29, 0.717) is 27.6 Å². The molecule has 2 rings (SSSR count). The number of amides is 1. The van der Waals surface area contributed by atoms with Crippen molar-refractivity contribution in [1.29, 1.82) is 0 Å². The van der Waals surface area contributed by atoms with Crippen LogP contribution in [0.2, 0.25) is 0 Å². The Kier molecular flexibility index (Phi) is 6.41. The van der Waals surface area contributed by atoms with Gasteiger partial charge in [-0.1, -0.05) is 13.0 Å². The van der Waals surface area contributed by atoms with E-state index in [9.17, 15) is 9.59 Å². The molecule has 0 saturated carbocycles. The lowest BCUT2D eigenvalue weighted by Crippen LogP contribution is -2.15. The van der Waals surface area contributed by atoms with E-state index < -0.39 is 5.97 Å². The molecular formula is C18H21NO5S. The van der Waals surface area contributed by atoms with Gasteiger partial charge in [-0.05, 0) is 31.5 Å². The third-order valence-electron chi connectivity index (χ3n) is 3.50. The lowest BCUT2D eigenvalue weighted by molar-refractivity contribution is 0.0528. The number of hydrogen-bond acceptors (Lipinski definition) is 6. The summed E-state index contributed by atoms with van der Waals surface area (Å²) in [5.74, 6) is -0.0363. The van der Waals surface area contributed by atoms with Gasteiger partial charge in [-0.25, -0.2) is 4.79 Å². The van der Waals surface area contributed by atoms with Gasteiger partial charge in [-0.15, -0.1) is 11.3 Å². The van der Waals surface area contributed by atoms with Crippen molar-refractivity contribution in [2.75, 3.05) is 26.1 Å².